The van der Waals surface area contributed by atoms with Gasteiger partial charge in [0.1, 0.15) is 0 Å². The summed E-state index contributed by atoms with van der Waals surface area (Å²) in [5, 5.41) is 4.72. The molecule has 0 aliphatic heterocycles. The van der Waals surface area contributed by atoms with Crippen molar-refractivity contribution in [2.24, 2.45) is 0 Å². The quantitative estimate of drug-likeness (QED) is 0.174. The van der Waals surface area contributed by atoms with Crippen molar-refractivity contribution < 1.29 is 0 Å². The number of para-hydroxylation sites is 1. The molecule has 7 aromatic carbocycles. The van der Waals surface area contributed by atoms with Gasteiger partial charge in [-0.1, -0.05) is 164 Å². The van der Waals surface area contributed by atoms with Crippen LogP contribution in [-0.2, 0) is 0 Å². The van der Waals surface area contributed by atoms with Crippen LogP contribution in [0.5, 0.6) is 0 Å². The summed E-state index contributed by atoms with van der Waals surface area (Å²) in [4.78, 5) is 15.0. The highest BCUT2D eigenvalue weighted by Crippen LogP contribution is 2.44. The lowest BCUT2D eigenvalue weighted by molar-refractivity contribution is 1.07. The highest BCUT2D eigenvalue weighted by molar-refractivity contribution is 6.22. The van der Waals surface area contributed by atoms with Gasteiger partial charge in [-0.25, -0.2) is 15.0 Å². The van der Waals surface area contributed by atoms with E-state index in [9.17, 15) is 0 Å². The van der Waals surface area contributed by atoms with Crippen LogP contribution in [0, 0.1) is 0 Å². The first-order valence-corrected chi connectivity index (χ1v) is 17.2. The summed E-state index contributed by atoms with van der Waals surface area (Å²) >= 11 is 0. The second-order valence-corrected chi connectivity index (χ2v) is 12.8. The molecular formula is C47H30N4. The number of hydrogen-bond donors (Lipinski definition) is 0. The summed E-state index contributed by atoms with van der Waals surface area (Å²) in [5.41, 5.74) is 11.2. The molecule has 10 rings (SSSR count). The Morgan fingerprint density at radius 3 is 1.41 bits per heavy atom. The van der Waals surface area contributed by atoms with Gasteiger partial charge in [0.2, 0.25) is 0 Å². The number of aromatic nitrogens is 4. The van der Waals surface area contributed by atoms with Gasteiger partial charge in [0.15, 0.2) is 17.5 Å². The molecule has 10 aromatic rings. The lowest BCUT2D eigenvalue weighted by atomic mass is 9.97. The lowest BCUT2D eigenvalue weighted by Gasteiger charge is -2.13. The van der Waals surface area contributed by atoms with Crippen LogP contribution in [0.2, 0.25) is 0 Å². The molecule has 0 bridgehead atoms. The molecule has 3 aromatic heterocycles. The highest BCUT2D eigenvalue weighted by Gasteiger charge is 2.21. The molecule has 0 amide bonds. The first-order chi connectivity index (χ1) is 25.3. The molecule has 0 saturated carbocycles. The molecule has 0 unspecified atom stereocenters. The number of hydrogen-bond acceptors (Lipinski definition) is 3. The highest BCUT2D eigenvalue weighted by atomic mass is 15.0. The average molecular weight is 651 g/mol. The van der Waals surface area contributed by atoms with Gasteiger partial charge in [0, 0.05) is 38.4 Å². The molecule has 238 valence electrons. The average Bonchev–Trinajstić information content (AvgIpc) is 3.57. The zero-order chi connectivity index (χ0) is 33.7. The van der Waals surface area contributed by atoms with Crippen LogP contribution in [0.4, 0.5) is 0 Å². The van der Waals surface area contributed by atoms with Crippen molar-refractivity contribution in [2.45, 2.75) is 0 Å². The van der Waals surface area contributed by atoms with Gasteiger partial charge in [-0.3, -0.25) is 0 Å². The summed E-state index contributed by atoms with van der Waals surface area (Å²) in [6, 6.07) is 64.0. The molecule has 0 saturated heterocycles. The smallest absolute Gasteiger partial charge is 0.164 e. The molecular weight excluding hydrogens is 621 g/mol. The van der Waals surface area contributed by atoms with Crippen molar-refractivity contribution in [2.75, 3.05) is 0 Å². The maximum absolute atomic E-state index is 5.06. The third-order valence-electron chi connectivity index (χ3n) is 9.81. The Labute approximate surface area is 295 Å². The molecule has 0 aliphatic carbocycles. The number of nitrogens with zero attached hydrogens (tertiary/aromatic N) is 4. The topological polar surface area (TPSA) is 43.1 Å². The van der Waals surface area contributed by atoms with Crippen molar-refractivity contribution in [1.82, 2.24) is 19.4 Å². The van der Waals surface area contributed by atoms with E-state index in [-0.39, 0.29) is 0 Å². The molecule has 0 fully saturated rings. The molecule has 0 N–H and O–H groups in total. The van der Waals surface area contributed by atoms with E-state index in [0.717, 1.165) is 27.6 Å². The van der Waals surface area contributed by atoms with Crippen molar-refractivity contribution in [3.05, 3.63) is 182 Å². The Morgan fingerprint density at radius 2 is 0.784 bits per heavy atom. The molecule has 3 heterocycles. The first-order valence-electron chi connectivity index (χ1n) is 17.2. The Morgan fingerprint density at radius 1 is 0.294 bits per heavy atom. The monoisotopic (exact) mass is 650 g/mol. The normalized spacial score (nSPS) is 11.5. The summed E-state index contributed by atoms with van der Waals surface area (Å²) in [6.45, 7) is 0. The summed E-state index contributed by atoms with van der Waals surface area (Å²) in [6.07, 6.45) is 0. The Bertz CT molecular complexity index is 2820. The number of fused-ring (bicyclic) bond motifs is 8. The molecule has 4 heteroatoms. The first kappa shape index (κ1) is 29.0. The van der Waals surface area contributed by atoms with Gasteiger partial charge in [-0.2, -0.15) is 0 Å². The fourth-order valence-corrected chi connectivity index (χ4v) is 7.45. The van der Waals surface area contributed by atoms with Gasteiger partial charge in [0.25, 0.3) is 0 Å². The van der Waals surface area contributed by atoms with E-state index in [1.807, 2.05) is 60.7 Å². The van der Waals surface area contributed by atoms with Crippen molar-refractivity contribution >= 4 is 38.1 Å². The van der Waals surface area contributed by atoms with E-state index in [1.54, 1.807) is 0 Å². The number of rotatable bonds is 5. The van der Waals surface area contributed by atoms with Crippen molar-refractivity contribution in [3.8, 4) is 56.4 Å². The third kappa shape index (κ3) is 4.88. The maximum atomic E-state index is 5.06. The van der Waals surface area contributed by atoms with Gasteiger partial charge in [0.05, 0.1) is 16.6 Å². The Kier molecular flexibility index (Phi) is 6.78. The van der Waals surface area contributed by atoms with Crippen LogP contribution >= 0.6 is 0 Å². The lowest BCUT2D eigenvalue weighted by Crippen LogP contribution is -2.00. The zero-order valence-corrected chi connectivity index (χ0v) is 27.6. The molecule has 4 nitrogen and oxygen atoms in total. The van der Waals surface area contributed by atoms with Gasteiger partial charge in [-0.15, -0.1) is 0 Å². The standard InChI is InChI=1S/C47H30N4/c1-5-15-31(16-6-1)35-25-28-39-42(30-35)51-41-24-14-13-23-37(41)40-29-36(26-27-38(40)44(51)43(39)32-17-7-2-8-18-32)47-49-45(33-19-9-3-10-20-33)48-46(50-47)34-21-11-4-12-22-34/h1-30H. The fraction of sp³-hybridized carbons (Fsp3) is 0. The molecule has 0 aliphatic rings. The van der Waals surface area contributed by atoms with E-state index >= 15 is 0 Å². The molecule has 0 atom stereocenters. The van der Waals surface area contributed by atoms with Crippen LogP contribution in [0.3, 0.4) is 0 Å². The van der Waals surface area contributed by atoms with Crippen LogP contribution < -0.4 is 0 Å². The largest absolute Gasteiger partial charge is 0.308 e. The van der Waals surface area contributed by atoms with Crippen molar-refractivity contribution in [3.63, 3.8) is 0 Å². The van der Waals surface area contributed by atoms with Gasteiger partial charge in [-0.05, 0) is 40.3 Å². The summed E-state index contributed by atoms with van der Waals surface area (Å²) in [7, 11) is 0. The molecule has 0 spiro atoms. The van der Waals surface area contributed by atoms with Gasteiger partial charge < -0.3 is 4.40 Å². The van der Waals surface area contributed by atoms with Crippen LogP contribution in [0.15, 0.2) is 182 Å². The predicted octanol–water partition coefficient (Wildman–Crippen LogP) is 11.9. The number of benzene rings is 7. The van der Waals surface area contributed by atoms with Crippen LogP contribution in [-0.4, -0.2) is 19.4 Å². The maximum Gasteiger partial charge on any atom is 0.164 e. The summed E-state index contributed by atoms with van der Waals surface area (Å²) < 4.78 is 2.46. The van der Waals surface area contributed by atoms with E-state index in [2.05, 4.69) is 126 Å². The SMILES string of the molecule is c1ccc(-c2ccc3c(-c4ccccc4)c4c5ccc(-c6nc(-c7ccccc7)nc(-c7ccccc7)n6)cc5c5ccccc5n4c3c2)cc1. The van der Waals surface area contributed by atoms with E-state index in [0.29, 0.717) is 17.5 Å². The van der Waals surface area contributed by atoms with E-state index in [4.69, 9.17) is 15.0 Å². The zero-order valence-electron chi connectivity index (χ0n) is 27.6. The number of pyridine rings is 1. The second kappa shape index (κ2) is 11.9. The minimum atomic E-state index is 0.643. The van der Waals surface area contributed by atoms with Crippen LogP contribution in [0.1, 0.15) is 0 Å². The Hall–Kier alpha value is -6.91. The summed E-state index contributed by atoms with van der Waals surface area (Å²) in [5.74, 6) is 1.95. The van der Waals surface area contributed by atoms with Crippen molar-refractivity contribution in [1.29, 1.82) is 0 Å². The van der Waals surface area contributed by atoms with Crippen LogP contribution in [0.25, 0.3) is 94.5 Å². The molecule has 0 radical (unpaired) electrons. The minimum Gasteiger partial charge on any atom is -0.308 e. The Balaban J connectivity index is 1.28. The van der Waals surface area contributed by atoms with E-state index < -0.39 is 0 Å². The minimum absolute atomic E-state index is 0.643. The fourth-order valence-electron chi connectivity index (χ4n) is 7.45. The molecule has 51 heavy (non-hydrogen) atoms. The van der Waals surface area contributed by atoms with Gasteiger partial charge >= 0.3 is 0 Å². The predicted molar refractivity (Wildman–Crippen MR) is 210 cm³/mol. The van der Waals surface area contributed by atoms with E-state index in [1.165, 1.54) is 49.4 Å². The second-order valence-electron chi connectivity index (χ2n) is 12.8. The third-order valence-corrected chi connectivity index (χ3v) is 9.81.